The van der Waals surface area contributed by atoms with Crippen molar-refractivity contribution in [1.29, 1.82) is 0 Å². The molecule has 0 aliphatic heterocycles. The number of carbonyl (C=O) groups is 2. The fraction of sp³-hybridized carbons (Fsp3) is 0.867. The lowest BCUT2D eigenvalue weighted by Crippen LogP contribution is -2.21. The van der Waals surface area contributed by atoms with E-state index in [2.05, 4.69) is 13.8 Å². The van der Waals surface area contributed by atoms with Crippen LogP contribution in [0.2, 0.25) is 0 Å². The molecule has 0 atom stereocenters. The number of rotatable bonds is 11. The van der Waals surface area contributed by atoms with Gasteiger partial charge < -0.3 is 19.8 Å². The Kier molecular flexibility index (Phi) is 18.1. The molecule has 19 heavy (non-hydrogen) atoms. The minimum Gasteiger partial charge on any atom is -0.550 e. The van der Waals surface area contributed by atoms with E-state index < -0.39 is 11.9 Å². The van der Waals surface area contributed by atoms with Gasteiger partial charge in [0.15, 0.2) is 0 Å². The van der Waals surface area contributed by atoms with Crippen LogP contribution in [0.4, 0.5) is 0 Å². The van der Waals surface area contributed by atoms with E-state index in [9.17, 15) is 19.8 Å². The second-order valence-electron chi connectivity index (χ2n) is 4.72. The Morgan fingerprint density at radius 3 is 1.26 bits per heavy atom. The second-order valence-corrected chi connectivity index (χ2v) is 4.72. The van der Waals surface area contributed by atoms with E-state index in [-0.39, 0.29) is 12.8 Å². The third-order valence-electron chi connectivity index (χ3n) is 2.72. The molecule has 0 spiro atoms. The molecule has 0 aromatic carbocycles. The van der Waals surface area contributed by atoms with Gasteiger partial charge in [-0.15, -0.1) is 0 Å². The zero-order chi connectivity index (χ0) is 14.9. The molecule has 0 aliphatic rings. The summed E-state index contributed by atoms with van der Waals surface area (Å²) in [4.78, 5) is 19.8. The Labute approximate surface area is 117 Å². The normalized spacial score (nSPS) is 9.58. The second kappa shape index (κ2) is 16.9. The zero-order valence-electron chi connectivity index (χ0n) is 12.4. The first kappa shape index (κ1) is 20.3. The predicted octanol–water partition coefficient (Wildman–Crippen LogP) is 1.80. The van der Waals surface area contributed by atoms with Gasteiger partial charge in [-0.1, -0.05) is 58.8 Å². The molecular weight excluding hydrogens is 244 g/mol. The molecule has 0 heterocycles. The summed E-state index contributed by atoms with van der Waals surface area (Å²) in [7, 11) is 0. The van der Waals surface area contributed by atoms with Crippen LogP contribution in [-0.2, 0) is 9.59 Å². The van der Waals surface area contributed by atoms with E-state index in [1.165, 1.54) is 12.8 Å². The molecule has 0 amide bonds. The lowest BCUT2D eigenvalue weighted by molar-refractivity contribution is -0.307. The lowest BCUT2D eigenvalue weighted by Gasteiger charge is -2.00. The van der Waals surface area contributed by atoms with Crippen molar-refractivity contribution < 1.29 is 19.8 Å². The quantitative estimate of drug-likeness (QED) is 0.537. The zero-order valence-corrected chi connectivity index (χ0v) is 12.4. The molecule has 0 unspecified atom stereocenters. The fourth-order valence-corrected chi connectivity index (χ4v) is 1.57. The van der Waals surface area contributed by atoms with E-state index in [1.54, 1.807) is 0 Å². The Morgan fingerprint density at radius 2 is 0.947 bits per heavy atom. The van der Waals surface area contributed by atoms with Crippen molar-refractivity contribution >= 4 is 11.9 Å². The van der Waals surface area contributed by atoms with Crippen molar-refractivity contribution in [2.24, 2.45) is 0 Å². The van der Waals surface area contributed by atoms with Gasteiger partial charge in [-0.2, -0.15) is 0 Å². The van der Waals surface area contributed by atoms with Crippen LogP contribution in [-0.4, -0.2) is 11.9 Å². The van der Waals surface area contributed by atoms with Crippen LogP contribution < -0.4 is 10.2 Å². The topological polar surface area (TPSA) is 80.3 Å². The van der Waals surface area contributed by atoms with E-state index in [0.717, 1.165) is 44.9 Å². The Bertz CT molecular complexity index is 214. The number of aliphatic carboxylic acids is 2. The van der Waals surface area contributed by atoms with Crippen LogP contribution >= 0.6 is 0 Å². The molecule has 114 valence electrons. The summed E-state index contributed by atoms with van der Waals surface area (Å²) < 4.78 is 0. The Hall–Kier alpha value is -1.06. The molecule has 4 nitrogen and oxygen atoms in total. The van der Waals surface area contributed by atoms with Crippen molar-refractivity contribution in [3.63, 3.8) is 0 Å². The van der Waals surface area contributed by atoms with Gasteiger partial charge in [0.25, 0.3) is 0 Å². The maximum absolute atomic E-state index is 9.92. The molecule has 0 fully saturated rings. The highest BCUT2D eigenvalue weighted by molar-refractivity contribution is 5.64. The highest BCUT2D eigenvalue weighted by atomic mass is 16.4. The molecule has 0 N–H and O–H groups in total. The maximum Gasteiger partial charge on any atom is 0.0414 e. The van der Waals surface area contributed by atoms with Crippen LogP contribution in [0.15, 0.2) is 0 Å². The average molecular weight is 272 g/mol. The van der Waals surface area contributed by atoms with E-state index in [1.807, 2.05) is 0 Å². The third kappa shape index (κ3) is 26.5. The van der Waals surface area contributed by atoms with Gasteiger partial charge in [-0.25, -0.2) is 0 Å². The number of hydrogen-bond acceptors (Lipinski definition) is 4. The first-order chi connectivity index (χ1) is 9.04. The van der Waals surface area contributed by atoms with Crippen LogP contribution in [0, 0.1) is 0 Å². The minimum atomic E-state index is -0.925. The first-order valence-electron chi connectivity index (χ1n) is 7.44. The van der Waals surface area contributed by atoms with Gasteiger partial charge in [0.1, 0.15) is 0 Å². The van der Waals surface area contributed by atoms with Gasteiger partial charge in [-0.3, -0.25) is 0 Å². The molecule has 0 bridgehead atoms. The summed E-state index contributed by atoms with van der Waals surface area (Å²) in [6.07, 6.45) is 9.90. The SMILES string of the molecule is CCCCCCC(=O)[O-].CCCCCCCC(=O)[O-]. The third-order valence-corrected chi connectivity index (χ3v) is 2.72. The molecule has 0 radical (unpaired) electrons. The molecule has 0 rings (SSSR count). The lowest BCUT2D eigenvalue weighted by atomic mass is 10.1. The van der Waals surface area contributed by atoms with Crippen LogP contribution in [0.5, 0.6) is 0 Å². The summed E-state index contributed by atoms with van der Waals surface area (Å²) >= 11 is 0. The number of hydrogen-bond donors (Lipinski definition) is 0. The molecule has 0 aromatic rings. The molecular formula is C15H28O4-2. The van der Waals surface area contributed by atoms with E-state index >= 15 is 0 Å². The van der Waals surface area contributed by atoms with Crippen LogP contribution in [0.1, 0.15) is 84.5 Å². The molecule has 0 aromatic heterocycles. The smallest absolute Gasteiger partial charge is 0.0414 e. The summed E-state index contributed by atoms with van der Waals surface area (Å²) in [5.41, 5.74) is 0. The molecule has 4 heteroatoms. The Balaban J connectivity index is 0. The van der Waals surface area contributed by atoms with Gasteiger partial charge >= 0.3 is 0 Å². The largest absolute Gasteiger partial charge is 0.550 e. The van der Waals surface area contributed by atoms with E-state index in [4.69, 9.17) is 0 Å². The van der Waals surface area contributed by atoms with Crippen molar-refractivity contribution in [2.75, 3.05) is 0 Å². The van der Waals surface area contributed by atoms with Crippen LogP contribution in [0.25, 0.3) is 0 Å². The number of carboxylic acids is 2. The van der Waals surface area contributed by atoms with Crippen molar-refractivity contribution in [3.8, 4) is 0 Å². The standard InChI is InChI=1S/C8H16O2.C7H14O2/c1-2-3-4-5-6-7-8(9)10;1-2-3-4-5-6-7(8)9/h2-7H2,1H3,(H,9,10);2-6H2,1H3,(H,8,9)/p-2. The summed E-state index contributed by atoms with van der Waals surface area (Å²) in [6, 6.07) is 0. The van der Waals surface area contributed by atoms with Crippen LogP contribution in [0.3, 0.4) is 0 Å². The summed E-state index contributed by atoms with van der Waals surface area (Å²) in [6.45, 7) is 4.23. The predicted molar refractivity (Wildman–Crippen MR) is 72.1 cm³/mol. The minimum absolute atomic E-state index is 0.222. The van der Waals surface area contributed by atoms with Gasteiger partial charge in [0.2, 0.25) is 0 Å². The van der Waals surface area contributed by atoms with Gasteiger partial charge in [0, 0.05) is 11.9 Å². The first-order valence-corrected chi connectivity index (χ1v) is 7.44. The monoisotopic (exact) mass is 272 g/mol. The number of carbonyl (C=O) groups excluding carboxylic acids is 2. The van der Waals surface area contributed by atoms with E-state index in [0.29, 0.717) is 0 Å². The van der Waals surface area contributed by atoms with Crippen molar-refractivity contribution in [2.45, 2.75) is 84.5 Å². The maximum atomic E-state index is 9.92. The molecule has 0 aliphatic carbocycles. The number of unbranched alkanes of at least 4 members (excludes halogenated alkanes) is 7. The fourth-order valence-electron chi connectivity index (χ4n) is 1.57. The van der Waals surface area contributed by atoms with Crippen molar-refractivity contribution in [1.82, 2.24) is 0 Å². The summed E-state index contributed by atoms with van der Waals surface area (Å²) in [5.74, 6) is -1.84. The Morgan fingerprint density at radius 1 is 0.632 bits per heavy atom. The molecule has 0 saturated carbocycles. The van der Waals surface area contributed by atoms with Gasteiger partial charge in [-0.05, 0) is 25.7 Å². The molecule has 0 saturated heterocycles. The highest BCUT2D eigenvalue weighted by Crippen LogP contribution is 2.03. The average Bonchev–Trinajstić information content (AvgIpc) is 2.35. The van der Waals surface area contributed by atoms with Gasteiger partial charge in [0.05, 0.1) is 0 Å². The summed E-state index contributed by atoms with van der Waals surface area (Å²) in [5, 5.41) is 19.8. The highest BCUT2D eigenvalue weighted by Gasteiger charge is 1.88. The number of carboxylic acid groups (broad SMARTS) is 2. The van der Waals surface area contributed by atoms with Crippen molar-refractivity contribution in [3.05, 3.63) is 0 Å².